The lowest BCUT2D eigenvalue weighted by atomic mass is 10.1. The van der Waals surface area contributed by atoms with Crippen molar-refractivity contribution in [1.29, 1.82) is 0 Å². The molecule has 0 aliphatic carbocycles. The third kappa shape index (κ3) is 6.69. The fourth-order valence-electron chi connectivity index (χ4n) is 3.69. The normalized spacial score (nSPS) is 18.6. The van der Waals surface area contributed by atoms with Gasteiger partial charge in [-0.3, -0.25) is 4.79 Å². The van der Waals surface area contributed by atoms with Gasteiger partial charge in [0.2, 0.25) is 0 Å². The molecule has 2 unspecified atom stereocenters. The van der Waals surface area contributed by atoms with E-state index in [4.69, 9.17) is 26.8 Å². The quantitative estimate of drug-likeness (QED) is 0.683. The first-order chi connectivity index (χ1) is 14.4. The Morgan fingerprint density at radius 1 is 1.33 bits per heavy atom. The fourth-order valence-corrected chi connectivity index (χ4v) is 3.86. The predicted octanol–water partition coefficient (Wildman–Crippen LogP) is 3.93. The third-order valence-electron chi connectivity index (χ3n) is 5.11. The van der Waals surface area contributed by atoms with Gasteiger partial charge in [0.25, 0.3) is 5.91 Å². The Kier molecular flexibility index (Phi) is 8.08. The Morgan fingerprint density at radius 3 is 2.83 bits per heavy atom. The lowest BCUT2D eigenvalue weighted by Gasteiger charge is -2.27. The molecule has 0 saturated carbocycles. The molecule has 0 aromatic heterocycles. The number of hydrogen-bond acceptors (Lipinski definition) is 4. The number of benzene rings is 2. The molecular weight excluding hydrogens is 407 g/mol. The molecule has 1 aliphatic heterocycles. The van der Waals surface area contributed by atoms with Crippen molar-refractivity contribution in [2.24, 2.45) is 11.7 Å². The molecule has 1 saturated heterocycles. The van der Waals surface area contributed by atoms with Crippen molar-refractivity contribution in [2.45, 2.75) is 25.9 Å². The monoisotopic (exact) mass is 434 g/mol. The van der Waals surface area contributed by atoms with Gasteiger partial charge < -0.3 is 20.1 Å². The highest BCUT2D eigenvalue weighted by Crippen LogP contribution is 2.23. The molecule has 2 N–H and O–H groups in total. The maximum Gasteiger partial charge on any atom is 0.252 e. The van der Waals surface area contributed by atoms with Gasteiger partial charge in [0.1, 0.15) is 11.6 Å². The Morgan fingerprint density at radius 2 is 2.10 bits per heavy atom. The summed E-state index contributed by atoms with van der Waals surface area (Å²) in [5, 5.41) is 0.445. The number of amides is 1. The zero-order valence-corrected chi connectivity index (χ0v) is 17.9. The molecular formula is C23H28ClFN2O3. The first-order valence-electron chi connectivity index (χ1n) is 10.2. The predicted molar refractivity (Wildman–Crippen MR) is 116 cm³/mol. The van der Waals surface area contributed by atoms with Gasteiger partial charge in [-0.15, -0.1) is 0 Å². The van der Waals surface area contributed by atoms with Gasteiger partial charge in [-0.05, 0) is 48.7 Å². The molecule has 2 aromatic carbocycles. The average Bonchev–Trinajstić information content (AvgIpc) is 2.93. The molecule has 30 heavy (non-hydrogen) atoms. The number of primary amides is 1. The van der Waals surface area contributed by atoms with Crippen LogP contribution < -0.4 is 10.5 Å². The van der Waals surface area contributed by atoms with Crippen LogP contribution >= 0.6 is 11.6 Å². The smallest absolute Gasteiger partial charge is 0.252 e. The third-order valence-corrected chi connectivity index (χ3v) is 5.35. The Balaban J connectivity index is 1.53. The van der Waals surface area contributed by atoms with Crippen LogP contribution in [0.5, 0.6) is 5.75 Å². The minimum absolute atomic E-state index is 0.0730. The molecule has 2 aromatic rings. The van der Waals surface area contributed by atoms with Crippen LogP contribution in [0.3, 0.4) is 0 Å². The van der Waals surface area contributed by atoms with E-state index in [-0.39, 0.29) is 23.4 Å². The summed E-state index contributed by atoms with van der Waals surface area (Å²) in [7, 11) is 0. The van der Waals surface area contributed by atoms with Crippen LogP contribution in [0.4, 0.5) is 4.39 Å². The molecule has 0 radical (unpaired) electrons. The van der Waals surface area contributed by atoms with E-state index in [2.05, 4.69) is 11.8 Å². The largest absolute Gasteiger partial charge is 0.492 e. The summed E-state index contributed by atoms with van der Waals surface area (Å²) >= 11 is 5.95. The summed E-state index contributed by atoms with van der Waals surface area (Å²) in [6.07, 6.45) is 1.80. The zero-order chi connectivity index (χ0) is 21.5. The van der Waals surface area contributed by atoms with Gasteiger partial charge >= 0.3 is 0 Å². The van der Waals surface area contributed by atoms with Crippen molar-refractivity contribution in [3.63, 3.8) is 0 Å². The summed E-state index contributed by atoms with van der Waals surface area (Å²) in [5.41, 5.74) is 6.78. The molecule has 0 bridgehead atoms. The SMILES string of the molecule is CC(COc1ccc(Cl)cc1C(N)=O)CN1CCCOC(Cc2ccc(F)cc2)C1. The van der Waals surface area contributed by atoms with Crippen LogP contribution in [0, 0.1) is 11.7 Å². The van der Waals surface area contributed by atoms with Gasteiger partial charge in [0.15, 0.2) is 0 Å². The number of rotatable bonds is 8. The van der Waals surface area contributed by atoms with Crippen LogP contribution in [0.1, 0.15) is 29.3 Å². The second kappa shape index (κ2) is 10.8. The van der Waals surface area contributed by atoms with E-state index in [1.165, 1.54) is 18.2 Å². The number of carbonyl (C=O) groups excluding carboxylic acids is 1. The maximum absolute atomic E-state index is 13.1. The first-order valence-corrected chi connectivity index (χ1v) is 10.6. The van der Waals surface area contributed by atoms with Crippen molar-refractivity contribution < 1.29 is 18.7 Å². The van der Waals surface area contributed by atoms with Crippen LogP contribution in [0.25, 0.3) is 0 Å². The van der Waals surface area contributed by atoms with E-state index in [0.717, 1.165) is 44.6 Å². The van der Waals surface area contributed by atoms with E-state index < -0.39 is 5.91 Å². The summed E-state index contributed by atoms with van der Waals surface area (Å²) in [6, 6.07) is 11.5. The second-order valence-electron chi connectivity index (χ2n) is 7.86. The lowest BCUT2D eigenvalue weighted by Crippen LogP contribution is -2.37. The molecule has 2 atom stereocenters. The minimum atomic E-state index is -0.562. The number of halogens is 2. The Labute approximate surface area is 181 Å². The summed E-state index contributed by atoms with van der Waals surface area (Å²) in [5.74, 6) is -0.0947. The van der Waals surface area contributed by atoms with Crippen molar-refractivity contribution >= 4 is 17.5 Å². The Bertz CT molecular complexity index is 847. The summed E-state index contributed by atoms with van der Waals surface area (Å²) in [6.45, 7) is 5.91. The molecule has 1 heterocycles. The van der Waals surface area contributed by atoms with Crippen molar-refractivity contribution in [3.05, 3.63) is 64.4 Å². The highest BCUT2D eigenvalue weighted by atomic mass is 35.5. The number of ether oxygens (including phenoxy) is 2. The minimum Gasteiger partial charge on any atom is -0.492 e. The maximum atomic E-state index is 13.1. The van der Waals surface area contributed by atoms with Crippen LogP contribution in [0.15, 0.2) is 42.5 Å². The van der Waals surface area contributed by atoms with Crippen molar-refractivity contribution in [3.8, 4) is 5.75 Å². The van der Waals surface area contributed by atoms with E-state index in [1.807, 2.05) is 12.1 Å². The topological polar surface area (TPSA) is 64.8 Å². The number of hydrogen-bond donors (Lipinski definition) is 1. The highest BCUT2D eigenvalue weighted by molar-refractivity contribution is 6.31. The van der Waals surface area contributed by atoms with Gasteiger partial charge in [-0.2, -0.15) is 0 Å². The van der Waals surface area contributed by atoms with Crippen LogP contribution in [-0.2, 0) is 11.2 Å². The molecule has 1 aliphatic rings. The molecule has 1 fully saturated rings. The number of nitrogens with zero attached hydrogens (tertiary/aromatic N) is 1. The molecule has 5 nitrogen and oxygen atoms in total. The van der Waals surface area contributed by atoms with Crippen LogP contribution in [-0.4, -0.2) is 49.8 Å². The number of nitrogens with two attached hydrogens (primary N) is 1. The Hall–Kier alpha value is -2.15. The van der Waals surface area contributed by atoms with Gasteiger partial charge in [-0.1, -0.05) is 30.7 Å². The van der Waals surface area contributed by atoms with E-state index in [9.17, 15) is 9.18 Å². The fraction of sp³-hybridized carbons (Fsp3) is 0.435. The van der Waals surface area contributed by atoms with Gasteiger partial charge in [0.05, 0.1) is 18.3 Å². The second-order valence-corrected chi connectivity index (χ2v) is 8.29. The van der Waals surface area contributed by atoms with Crippen molar-refractivity contribution in [1.82, 2.24) is 4.90 Å². The summed E-state index contributed by atoms with van der Waals surface area (Å²) < 4.78 is 25.0. The highest BCUT2D eigenvalue weighted by Gasteiger charge is 2.21. The molecule has 7 heteroatoms. The lowest BCUT2D eigenvalue weighted by molar-refractivity contribution is 0.0517. The molecule has 3 rings (SSSR count). The average molecular weight is 435 g/mol. The zero-order valence-electron chi connectivity index (χ0n) is 17.2. The van der Waals surface area contributed by atoms with Crippen molar-refractivity contribution in [2.75, 3.05) is 32.8 Å². The standard InChI is InChI=1S/C23H28ClFN2O3/c1-16(15-30-22-8-5-18(24)12-21(22)23(26)28)13-27-9-2-10-29-20(14-27)11-17-3-6-19(25)7-4-17/h3-8,12,16,20H,2,9-11,13-15H2,1H3,(H2,26,28). The number of carbonyl (C=O) groups is 1. The molecule has 0 spiro atoms. The van der Waals surface area contributed by atoms with E-state index in [0.29, 0.717) is 17.4 Å². The molecule has 162 valence electrons. The summed E-state index contributed by atoms with van der Waals surface area (Å²) in [4.78, 5) is 14.0. The van der Waals surface area contributed by atoms with Gasteiger partial charge in [0, 0.05) is 37.2 Å². The first kappa shape index (κ1) is 22.5. The van der Waals surface area contributed by atoms with Crippen LogP contribution in [0.2, 0.25) is 5.02 Å². The molecule has 1 amide bonds. The van der Waals surface area contributed by atoms with E-state index >= 15 is 0 Å². The van der Waals surface area contributed by atoms with Gasteiger partial charge in [-0.25, -0.2) is 4.39 Å². The van der Waals surface area contributed by atoms with E-state index in [1.54, 1.807) is 12.1 Å².